The summed E-state index contributed by atoms with van der Waals surface area (Å²) in [6.07, 6.45) is 1.84. The van der Waals surface area contributed by atoms with Gasteiger partial charge in [0.25, 0.3) is 20.2 Å². The number of anilines is 2. The van der Waals surface area contributed by atoms with E-state index in [9.17, 15) is 35.8 Å². The van der Waals surface area contributed by atoms with E-state index in [-0.39, 0.29) is 23.0 Å². The van der Waals surface area contributed by atoms with Gasteiger partial charge in [-0.3, -0.25) is 18.9 Å². The van der Waals surface area contributed by atoms with Crippen molar-refractivity contribution < 1.29 is 40.6 Å². The molecule has 282 valence electrons. The second-order valence-electron chi connectivity index (χ2n) is 13.2. The number of nitrogens with two attached hydrogens (primary N) is 1. The number of phenolic OH excluding ortho intramolecular Hbond substituents is 1. The summed E-state index contributed by atoms with van der Waals surface area (Å²) in [6.45, 7) is 9.66. The van der Waals surface area contributed by atoms with Gasteiger partial charge < -0.3 is 20.9 Å². The average molecular weight is 768 g/mol. The molecule has 1 aliphatic rings. The molecule has 1 aliphatic heterocycles. The maximum absolute atomic E-state index is 12.8. The number of nitrogen functional groups attached to an aromatic ring is 1. The van der Waals surface area contributed by atoms with E-state index in [0.717, 1.165) is 23.1 Å². The standard InChI is InChI=1S/C35H41N7O9S2/c1-20(2)13-14-51-19-42-18-25(38-41-42)7-12-32(43)37-27-9-5-23(15-21(27)3)24-6-10-28(22(4)16-24)39-40-29-11-8-26-30(52(45,46)47)17-31(53(48,49)50)34(36)33(26)35(29)44/h5-6,8-11,15-17,20,25,44H,7,12-14,18-19,36H2,1-4H3,(H,37,43)(H,45,46,47)(H,48,49,50)/b40-39+. The third-order valence-electron chi connectivity index (χ3n) is 8.62. The molecule has 0 saturated carbocycles. The van der Waals surface area contributed by atoms with Gasteiger partial charge >= 0.3 is 0 Å². The summed E-state index contributed by atoms with van der Waals surface area (Å²) < 4.78 is 72.7. The van der Waals surface area contributed by atoms with Crippen molar-refractivity contribution in [2.45, 2.75) is 62.8 Å². The monoisotopic (exact) mass is 767 g/mol. The van der Waals surface area contributed by atoms with Crippen LogP contribution >= 0.6 is 0 Å². The van der Waals surface area contributed by atoms with Gasteiger partial charge in [-0.1, -0.05) is 37.3 Å². The summed E-state index contributed by atoms with van der Waals surface area (Å²) in [5, 5.41) is 31.6. The Balaban J connectivity index is 1.24. The summed E-state index contributed by atoms with van der Waals surface area (Å²) in [5.74, 6) is -0.265. The fourth-order valence-corrected chi connectivity index (χ4v) is 7.13. The summed E-state index contributed by atoms with van der Waals surface area (Å²) in [4.78, 5) is 10.9. The first-order valence-corrected chi connectivity index (χ1v) is 19.5. The van der Waals surface area contributed by atoms with Gasteiger partial charge in [0, 0.05) is 24.1 Å². The predicted molar refractivity (Wildman–Crippen MR) is 199 cm³/mol. The van der Waals surface area contributed by atoms with Crippen LogP contribution < -0.4 is 11.1 Å². The predicted octanol–water partition coefficient (Wildman–Crippen LogP) is 7.11. The number of amides is 1. The molecule has 0 aromatic heterocycles. The largest absolute Gasteiger partial charge is 0.505 e. The third-order valence-corrected chi connectivity index (χ3v) is 10.4. The SMILES string of the molecule is Cc1cc(-c2ccc(NC(=O)CCC3CN(COCCC(C)C)N=N3)c(C)c2)ccc1/N=N/c1ccc2c(S(=O)(=O)O)cc(S(=O)(=O)O)c(N)c2c1O. The second-order valence-corrected chi connectivity index (χ2v) is 16.0. The van der Waals surface area contributed by atoms with Crippen molar-refractivity contribution >= 4 is 59.7 Å². The first kappa shape index (κ1) is 39.2. The Morgan fingerprint density at radius 3 is 2.25 bits per heavy atom. The van der Waals surface area contributed by atoms with Crippen molar-refractivity contribution in [3.05, 3.63) is 65.7 Å². The van der Waals surface area contributed by atoms with Crippen LogP contribution in [0.2, 0.25) is 0 Å². The molecule has 1 amide bonds. The Labute approximate surface area is 307 Å². The first-order valence-electron chi connectivity index (χ1n) is 16.6. The van der Waals surface area contributed by atoms with E-state index in [1.807, 2.05) is 37.3 Å². The minimum atomic E-state index is -5.04. The topological polar surface area (TPSA) is 246 Å². The van der Waals surface area contributed by atoms with Crippen LogP contribution in [0.1, 0.15) is 44.2 Å². The number of carbonyl (C=O) groups is 1. The van der Waals surface area contributed by atoms with Crippen molar-refractivity contribution in [1.29, 1.82) is 0 Å². The highest BCUT2D eigenvalue weighted by Gasteiger charge is 2.27. The summed E-state index contributed by atoms with van der Waals surface area (Å²) in [7, 11) is -10.0. The molecule has 1 atom stereocenters. The highest BCUT2D eigenvalue weighted by molar-refractivity contribution is 7.87. The third kappa shape index (κ3) is 9.51. The molecule has 4 aromatic carbocycles. The van der Waals surface area contributed by atoms with Gasteiger partial charge in [0.2, 0.25) is 5.91 Å². The van der Waals surface area contributed by atoms with Gasteiger partial charge in [0.05, 0.1) is 29.3 Å². The number of benzene rings is 4. The van der Waals surface area contributed by atoms with E-state index in [1.54, 1.807) is 18.0 Å². The van der Waals surface area contributed by atoms with Crippen molar-refractivity contribution in [3.8, 4) is 16.9 Å². The number of phenols is 1. The quantitative estimate of drug-likeness (QED) is 0.0374. The molecule has 53 heavy (non-hydrogen) atoms. The number of rotatable bonds is 14. The summed E-state index contributed by atoms with van der Waals surface area (Å²) >= 11 is 0. The highest BCUT2D eigenvalue weighted by Crippen LogP contribution is 2.44. The molecular formula is C35H41N7O9S2. The van der Waals surface area contributed by atoms with Gasteiger partial charge in [-0.05, 0) is 91.3 Å². The van der Waals surface area contributed by atoms with E-state index >= 15 is 0 Å². The number of carbonyl (C=O) groups excluding carboxylic acids is 1. The van der Waals surface area contributed by atoms with Crippen LogP contribution in [0, 0.1) is 19.8 Å². The van der Waals surface area contributed by atoms with Crippen molar-refractivity contribution in [2.75, 3.05) is 30.9 Å². The molecule has 0 radical (unpaired) electrons. The number of fused-ring (bicyclic) bond motifs is 1. The average Bonchev–Trinajstić information content (AvgIpc) is 3.53. The second kappa shape index (κ2) is 15.9. The van der Waals surface area contributed by atoms with Crippen LogP contribution in [-0.2, 0) is 29.8 Å². The number of hydrogen-bond donors (Lipinski definition) is 5. The lowest BCUT2D eigenvalue weighted by molar-refractivity contribution is -0.116. The minimum absolute atomic E-state index is 0.0665. The lowest BCUT2D eigenvalue weighted by atomic mass is 10.00. The number of aromatic hydroxyl groups is 1. The molecule has 0 saturated heterocycles. The molecule has 0 aliphatic carbocycles. The number of hydrogen-bond acceptors (Lipinski definition) is 13. The Bertz CT molecular complexity index is 2330. The van der Waals surface area contributed by atoms with Crippen LogP contribution in [0.4, 0.5) is 22.7 Å². The smallest absolute Gasteiger partial charge is 0.296 e. The van der Waals surface area contributed by atoms with Crippen LogP contribution in [0.5, 0.6) is 5.75 Å². The molecular weight excluding hydrogens is 727 g/mol. The van der Waals surface area contributed by atoms with E-state index in [1.165, 1.54) is 12.1 Å². The zero-order chi connectivity index (χ0) is 38.7. The normalized spacial score (nSPS) is 14.9. The fraction of sp³-hybridized carbons (Fsp3) is 0.343. The van der Waals surface area contributed by atoms with Gasteiger partial charge in [-0.25, -0.2) is 0 Å². The van der Waals surface area contributed by atoms with E-state index in [0.29, 0.717) is 61.6 Å². The van der Waals surface area contributed by atoms with Gasteiger partial charge in [0.1, 0.15) is 22.2 Å². The maximum atomic E-state index is 12.8. The van der Waals surface area contributed by atoms with E-state index < -0.39 is 46.9 Å². The molecule has 1 unspecified atom stereocenters. The van der Waals surface area contributed by atoms with Crippen LogP contribution in [-0.4, -0.2) is 67.9 Å². The van der Waals surface area contributed by atoms with Crippen molar-refractivity contribution in [3.63, 3.8) is 0 Å². The molecule has 16 nitrogen and oxygen atoms in total. The molecule has 6 N–H and O–H groups in total. The fourth-order valence-electron chi connectivity index (χ4n) is 5.69. The Kier molecular flexibility index (Phi) is 11.8. The first-order chi connectivity index (χ1) is 24.9. The van der Waals surface area contributed by atoms with Crippen molar-refractivity contribution in [2.24, 2.45) is 26.5 Å². The van der Waals surface area contributed by atoms with Gasteiger partial charge in [0.15, 0.2) is 5.75 Å². The number of nitrogens with zero attached hydrogens (tertiary/aromatic N) is 5. The molecule has 18 heteroatoms. The minimum Gasteiger partial charge on any atom is -0.505 e. The zero-order valence-corrected chi connectivity index (χ0v) is 31.1. The van der Waals surface area contributed by atoms with Gasteiger partial charge in [-0.2, -0.15) is 27.1 Å². The molecule has 5 rings (SSSR count). The molecule has 4 aromatic rings. The number of azo groups is 1. The van der Waals surface area contributed by atoms with Crippen LogP contribution in [0.3, 0.4) is 0 Å². The van der Waals surface area contributed by atoms with Crippen molar-refractivity contribution in [1.82, 2.24) is 5.01 Å². The summed E-state index contributed by atoms with van der Waals surface area (Å²) in [6, 6.07) is 13.9. The zero-order valence-electron chi connectivity index (χ0n) is 29.5. The Morgan fingerprint density at radius 1 is 0.962 bits per heavy atom. The number of nitrogens with one attached hydrogen (secondary N) is 1. The van der Waals surface area contributed by atoms with Crippen LogP contribution in [0.25, 0.3) is 21.9 Å². The number of aryl methyl sites for hydroxylation is 2. The molecule has 0 fully saturated rings. The molecule has 0 bridgehead atoms. The Morgan fingerprint density at radius 2 is 1.60 bits per heavy atom. The van der Waals surface area contributed by atoms with Crippen LogP contribution in [0.15, 0.2) is 85.0 Å². The number of ether oxygens (including phenoxy) is 1. The lowest BCUT2D eigenvalue weighted by Crippen LogP contribution is -2.25. The van der Waals surface area contributed by atoms with E-state index in [2.05, 4.69) is 39.7 Å². The molecule has 0 spiro atoms. The molecule has 1 heterocycles. The highest BCUT2D eigenvalue weighted by atomic mass is 32.2. The Hall–Kier alpha value is -5.01. The lowest BCUT2D eigenvalue weighted by Gasteiger charge is -2.15. The summed E-state index contributed by atoms with van der Waals surface area (Å²) in [5.41, 5.74) is 9.54. The maximum Gasteiger partial charge on any atom is 0.296 e. The van der Waals surface area contributed by atoms with E-state index in [4.69, 9.17) is 10.5 Å². The van der Waals surface area contributed by atoms with Gasteiger partial charge in [-0.15, -0.1) is 5.11 Å².